The first kappa shape index (κ1) is 13.6. The van der Waals surface area contributed by atoms with Crippen LogP contribution in [0.4, 0.5) is 0 Å². The van der Waals surface area contributed by atoms with Gasteiger partial charge in [0, 0.05) is 18.3 Å². The first-order chi connectivity index (χ1) is 8.61. The molecule has 0 atom stereocenters. The number of rotatable bonds is 5. The maximum Gasteiger partial charge on any atom is 0.0762 e. The van der Waals surface area contributed by atoms with Crippen LogP contribution in [-0.2, 0) is 6.54 Å². The third-order valence-corrected chi connectivity index (χ3v) is 4.24. The molecule has 1 fully saturated rings. The van der Waals surface area contributed by atoms with E-state index in [-0.39, 0.29) is 5.54 Å². The quantitative estimate of drug-likeness (QED) is 0.863. The number of hydrogen-bond donors (Lipinski definition) is 1. The summed E-state index contributed by atoms with van der Waals surface area (Å²) < 4.78 is 2.19. The number of nitrogens with one attached hydrogen (secondary N) is 1. The highest BCUT2D eigenvalue weighted by Gasteiger charge is 2.17. The second-order valence-corrected chi connectivity index (χ2v) is 6.17. The average molecular weight is 249 g/mol. The molecule has 1 aromatic rings. The summed E-state index contributed by atoms with van der Waals surface area (Å²) in [5, 5.41) is 8.29. The average Bonchev–Trinajstić information content (AvgIpc) is 2.86. The zero-order chi connectivity index (χ0) is 13.0. The van der Waals surface area contributed by atoms with Crippen LogP contribution in [0.1, 0.15) is 71.0 Å². The minimum Gasteiger partial charge on any atom is -0.306 e. The van der Waals surface area contributed by atoms with Crippen LogP contribution in [0, 0.1) is 0 Å². The van der Waals surface area contributed by atoms with Gasteiger partial charge >= 0.3 is 0 Å². The standard InChI is InChI=1S/C15H27N3/c1-4-15(2,3)16-12-13-10-11-18(17-13)14-8-6-5-7-9-14/h10-11,14,16H,4-9,12H2,1-3H3. The van der Waals surface area contributed by atoms with Crippen molar-refractivity contribution in [2.75, 3.05) is 0 Å². The molecule has 1 aromatic heterocycles. The Kier molecular flexibility index (Phi) is 4.44. The SMILES string of the molecule is CCC(C)(C)NCc1ccn(C2CCCCC2)n1. The first-order valence-electron chi connectivity index (χ1n) is 7.40. The Morgan fingerprint density at radius 3 is 2.72 bits per heavy atom. The predicted octanol–water partition coefficient (Wildman–Crippen LogP) is 3.67. The van der Waals surface area contributed by atoms with E-state index in [2.05, 4.69) is 43.0 Å². The molecule has 0 aliphatic heterocycles. The Bertz CT molecular complexity index is 362. The van der Waals surface area contributed by atoms with Gasteiger partial charge in [-0.3, -0.25) is 4.68 Å². The van der Waals surface area contributed by atoms with E-state index in [1.54, 1.807) is 0 Å². The molecule has 0 bridgehead atoms. The van der Waals surface area contributed by atoms with Crippen molar-refractivity contribution in [3.63, 3.8) is 0 Å². The lowest BCUT2D eigenvalue weighted by Crippen LogP contribution is -2.37. The van der Waals surface area contributed by atoms with Crippen molar-refractivity contribution in [1.82, 2.24) is 15.1 Å². The predicted molar refractivity (Wildman–Crippen MR) is 75.6 cm³/mol. The molecule has 0 radical (unpaired) electrons. The van der Waals surface area contributed by atoms with Crippen molar-refractivity contribution in [3.05, 3.63) is 18.0 Å². The lowest BCUT2D eigenvalue weighted by Gasteiger charge is -2.24. The summed E-state index contributed by atoms with van der Waals surface area (Å²) in [6.07, 6.45) is 10.0. The molecule has 1 N–H and O–H groups in total. The van der Waals surface area contributed by atoms with Crippen molar-refractivity contribution < 1.29 is 0 Å². The van der Waals surface area contributed by atoms with E-state index in [1.165, 1.54) is 37.8 Å². The fourth-order valence-electron chi connectivity index (χ4n) is 2.48. The van der Waals surface area contributed by atoms with E-state index in [9.17, 15) is 0 Å². The summed E-state index contributed by atoms with van der Waals surface area (Å²) in [6.45, 7) is 7.57. The third kappa shape index (κ3) is 3.58. The highest BCUT2D eigenvalue weighted by Crippen LogP contribution is 2.27. The van der Waals surface area contributed by atoms with Crippen LogP contribution in [0.25, 0.3) is 0 Å². The molecule has 3 heteroatoms. The van der Waals surface area contributed by atoms with E-state index in [0.29, 0.717) is 6.04 Å². The lowest BCUT2D eigenvalue weighted by molar-refractivity contribution is 0.325. The molecule has 1 aliphatic carbocycles. The summed E-state index contributed by atoms with van der Waals surface area (Å²) in [4.78, 5) is 0. The number of nitrogens with zero attached hydrogens (tertiary/aromatic N) is 2. The van der Waals surface area contributed by atoms with E-state index >= 15 is 0 Å². The van der Waals surface area contributed by atoms with Gasteiger partial charge in [0.15, 0.2) is 0 Å². The maximum atomic E-state index is 4.73. The van der Waals surface area contributed by atoms with Crippen LogP contribution in [0.5, 0.6) is 0 Å². The molecule has 102 valence electrons. The van der Waals surface area contributed by atoms with Gasteiger partial charge < -0.3 is 5.32 Å². The van der Waals surface area contributed by atoms with Gasteiger partial charge in [-0.15, -0.1) is 0 Å². The molecule has 0 amide bonds. The largest absolute Gasteiger partial charge is 0.306 e. The lowest BCUT2D eigenvalue weighted by atomic mass is 9.96. The van der Waals surface area contributed by atoms with Crippen LogP contribution in [-0.4, -0.2) is 15.3 Å². The highest BCUT2D eigenvalue weighted by atomic mass is 15.3. The highest BCUT2D eigenvalue weighted by molar-refractivity contribution is 5.00. The molecule has 0 spiro atoms. The molecule has 0 unspecified atom stereocenters. The van der Waals surface area contributed by atoms with Gasteiger partial charge in [0.05, 0.1) is 11.7 Å². The van der Waals surface area contributed by atoms with Gasteiger partial charge in [-0.1, -0.05) is 26.2 Å². The summed E-state index contributed by atoms with van der Waals surface area (Å²) in [7, 11) is 0. The van der Waals surface area contributed by atoms with Crippen LogP contribution < -0.4 is 5.32 Å². The summed E-state index contributed by atoms with van der Waals surface area (Å²) in [5.41, 5.74) is 1.37. The summed E-state index contributed by atoms with van der Waals surface area (Å²) in [6, 6.07) is 2.81. The van der Waals surface area contributed by atoms with Crippen molar-refractivity contribution in [2.24, 2.45) is 0 Å². The Hall–Kier alpha value is -0.830. The Morgan fingerprint density at radius 1 is 1.33 bits per heavy atom. The Labute approximate surface area is 111 Å². The summed E-state index contributed by atoms with van der Waals surface area (Å²) in [5.74, 6) is 0. The second-order valence-electron chi connectivity index (χ2n) is 6.17. The topological polar surface area (TPSA) is 29.9 Å². The van der Waals surface area contributed by atoms with E-state index in [1.807, 2.05) is 0 Å². The minimum absolute atomic E-state index is 0.203. The second kappa shape index (κ2) is 5.87. The zero-order valence-corrected chi connectivity index (χ0v) is 12.1. The van der Waals surface area contributed by atoms with E-state index in [0.717, 1.165) is 13.0 Å². The smallest absolute Gasteiger partial charge is 0.0762 e. The first-order valence-corrected chi connectivity index (χ1v) is 7.40. The molecule has 1 aliphatic rings. The maximum absolute atomic E-state index is 4.73. The summed E-state index contributed by atoms with van der Waals surface area (Å²) >= 11 is 0. The fraction of sp³-hybridized carbons (Fsp3) is 0.800. The molecule has 18 heavy (non-hydrogen) atoms. The van der Waals surface area contributed by atoms with Crippen molar-refractivity contribution in [3.8, 4) is 0 Å². The molecular weight excluding hydrogens is 222 g/mol. The van der Waals surface area contributed by atoms with Crippen molar-refractivity contribution in [1.29, 1.82) is 0 Å². The van der Waals surface area contributed by atoms with Crippen LogP contribution in [0.2, 0.25) is 0 Å². The van der Waals surface area contributed by atoms with Crippen LogP contribution in [0.3, 0.4) is 0 Å². The van der Waals surface area contributed by atoms with Gasteiger partial charge in [-0.2, -0.15) is 5.10 Å². The number of hydrogen-bond acceptors (Lipinski definition) is 2. The molecule has 1 heterocycles. The third-order valence-electron chi connectivity index (χ3n) is 4.24. The zero-order valence-electron chi connectivity index (χ0n) is 12.1. The van der Waals surface area contributed by atoms with Crippen LogP contribution in [0.15, 0.2) is 12.3 Å². The molecule has 1 saturated carbocycles. The molecule has 0 aromatic carbocycles. The van der Waals surface area contributed by atoms with E-state index in [4.69, 9.17) is 5.10 Å². The van der Waals surface area contributed by atoms with Gasteiger partial charge in [-0.25, -0.2) is 0 Å². The van der Waals surface area contributed by atoms with Crippen molar-refractivity contribution >= 4 is 0 Å². The van der Waals surface area contributed by atoms with Gasteiger partial charge in [0.1, 0.15) is 0 Å². The Balaban J connectivity index is 1.89. The van der Waals surface area contributed by atoms with E-state index < -0.39 is 0 Å². The fourth-order valence-corrected chi connectivity index (χ4v) is 2.48. The normalized spacial score (nSPS) is 18.2. The van der Waals surface area contributed by atoms with Gasteiger partial charge in [0.25, 0.3) is 0 Å². The molecule has 2 rings (SSSR count). The van der Waals surface area contributed by atoms with Gasteiger partial charge in [0.2, 0.25) is 0 Å². The molecule has 3 nitrogen and oxygen atoms in total. The van der Waals surface area contributed by atoms with Gasteiger partial charge in [-0.05, 0) is 39.2 Å². The number of aromatic nitrogens is 2. The molecule has 0 saturated heterocycles. The minimum atomic E-state index is 0.203. The molecular formula is C15H27N3. The van der Waals surface area contributed by atoms with Crippen molar-refractivity contribution in [2.45, 2.75) is 77.4 Å². The Morgan fingerprint density at radius 2 is 2.06 bits per heavy atom. The van der Waals surface area contributed by atoms with Crippen LogP contribution >= 0.6 is 0 Å². The monoisotopic (exact) mass is 249 g/mol.